The Balaban J connectivity index is 1.76. The number of β-amino-alcohol motifs (C(OH)–C–C–N with tert-alkyl or cyclic N) is 1. The molecule has 1 aromatic carbocycles. The van der Waals surface area contributed by atoms with Crippen LogP contribution in [0.15, 0.2) is 24.3 Å². The van der Waals surface area contributed by atoms with E-state index in [1.54, 1.807) is 0 Å². The van der Waals surface area contributed by atoms with Crippen molar-refractivity contribution in [3.8, 4) is 0 Å². The molecular formula is C20H28N4O2. The largest absolute Gasteiger partial charge is 0.391 e. The van der Waals surface area contributed by atoms with Crippen molar-refractivity contribution in [3.05, 3.63) is 24.3 Å². The fourth-order valence-electron chi connectivity index (χ4n) is 4.00. The van der Waals surface area contributed by atoms with Crippen molar-refractivity contribution >= 4 is 22.7 Å². The number of aliphatic hydroxyl groups excluding tert-OH is 1. The Kier molecular flexibility index (Phi) is 4.71. The van der Waals surface area contributed by atoms with Crippen LogP contribution in [0.4, 0.5) is 11.6 Å². The zero-order valence-electron chi connectivity index (χ0n) is 15.8. The predicted molar refractivity (Wildman–Crippen MR) is 104 cm³/mol. The molecule has 4 atom stereocenters. The van der Waals surface area contributed by atoms with Gasteiger partial charge in [-0.25, -0.2) is 9.97 Å². The van der Waals surface area contributed by atoms with Gasteiger partial charge in [0.1, 0.15) is 0 Å². The number of nitrogens with zero attached hydrogens (tertiary/aromatic N) is 4. The SMILES string of the molecule is CC1CN(c2nc3ccccc3nc2N2CCC(C)C(O)C2)CC(C)O1. The van der Waals surface area contributed by atoms with E-state index in [9.17, 15) is 5.11 Å². The number of para-hydroxylation sites is 2. The van der Waals surface area contributed by atoms with Gasteiger partial charge in [-0.3, -0.25) is 0 Å². The van der Waals surface area contributed by atoms with Crippen molar-refractivity contribution in [1.82, 2.24) is 9.97 Å². The highest BCUT2D eigenvalue weighted by Gasteiger charge is 2.31. The molecule has 6 nitrogen and oxygen atoms in total. The Hall–Kier alpha value is -1.92. The van der Waals surface area contributed by atoms with Crippen molar-refractivity contribution in [2.24, 2.45) is 5.92 Å². The summed E-state index contributed by atoms with van der Waals surface area (Å²) in [6.07, 6.45) is 0.955. The van der Waals surface area contributed by atoms with Gasteiger partial charge in [0, 0.05) is 26.2 Å². The number of anilines is 2. The van der Waals surface area contributed by atoms with Gasteiger partial charge in [-0.1, -0.05) is 19.1 Å². The standard InChI is InChI=1S/C20H28N4O2/c1-13-8-9-23(12-18(13)25)19-20(24-10-14(2)26-15(3)11-24)22-17-7-5-4-6-16(17)21-19/h4-7,13-15,18,25H,8-12H2,1-3H3. The lowest BCUT2D eigenvalue weighted by Gasteiger charge is -2.40. The minimum Gasteiger partial charge on any atom is -0.391 e. The first-order valence-corrected chi connectivity index (χ1v) is 9.61. The lowest BCUT2D eigenvalue weighted by molar-refractivity contribution is -0.00544. The second-order valence-corrected chi connectivity index (χ2v) is 7.80. The number of aliphatic hydroxyl groups is 1. The summed E-state index contributed by atoms with van der Waals surface area (Å²) < 4.78 is 5.90. The number of fused-ring (bicyclic) bond motifs is 1. The van der Waals surface area contributed by atoms with E-state index in [-0.39, 0.29) is 18.3 Å². The van der Waals surface area contributed by atoms with E-state index in [2.05, 4.69) is 30.6 Å². The Morgan fingerprint density at radius 3 is 2.08 bits per heavy atom. The second-order valence-electron chi connectivity index (χ2n) is 7.80. The fraction of sp³-hybridized carbons (Fsp3) is 0.600. The first-order valence-electron chi connectivity index (χ1n) is 9.61. The molecule has 140 valence electrons. The topological polar surface area (TPSA) is 61.7 Å². The lowest BCUT2D eigenvalue weighted by atomic mass is 9.96. The number of aromatic nitrogens is 2. The predicted octanol–water partition coefficient (Wildman–Crippen LogP) is 2.45. The number of hydrogen-bond acceptors (Lipinski definition) is 6. The van der Waals surface area contributed by atoms with Gasteiger partial charge in [0.05, 0.1) is 29.3 Å². The molecule has 2 aliphatic rings. The normalized spacial score (nSPS) is 30.0. The van der Waals surface area contributed by atoms with Gasteiger partial charge in [-0.15, -0.1) is 0 Å². The molecule has 26 heavy (non-hydrogen) atoms. The molecule has 0 spiro atoms. The Morgan fingerprint density at radius 2 is 1.50 bits per heavy atom. The summed E-state index contributed by atoms with van der Waals surface area (Å²) in [6.45, 7) is 9.42. The highest BCUT2D eigenvalue weighted by molar-refractivity contribution is 5.81. The Labute approximate surface area is 154 Å². The molecule has 0 saturated carbocycles. The molecule has 1 aromatic heterocycles. The van der Waals surface area contributed by atoms with Gasteiger partial charge in [-0.2, -0.15) is 0 Å². The highest BCUT2D eigenvalue weighted by atomic mass is 16.5. The summed E-state index contributed by atoms with van der Waals surface area (Å²) in [4.78, 5) is 14.4. The minimum absolute atomic E-state index is 0.159. The molecule has 3 heterocycles. The average molecular weight is 356 g/mol. The van der Waals surface area contributed by atoms with E-state index < -0.39 is 0 Å². The molecule has 0 amide bonds. The molecule has 2 aliphatic heterocycles. The maximum atomic E-state index is 10.4. The van der Waals surface area contributed by atoms with Crippen LogP contribution in [0, 0.1) is 5.92 Å². The third-order valence-corrected chi connectivity index (χ3v) is 5.47. The number of hydrogen-bond donors (Lipinski definition) is 1. The number of morpholine rings is 1. The maximum Gasteiger partial charge on any atom is 0.172 e. The van der Waals surface area contributed by atoms with E-state index in [1.807, 2.05) is 24.3 Å². The smallest absolute Gasteiger partial charge is 0.172 e. The van der Waals surface area contributed by atoms with Crippen LogP contribution < -0.4 is 9.80 Å². The van der Waals surface area contributed by atoms with E-state index in [0.717, 1.165) is 48.7 Å². The van der Waals surface area contributed by atoms with Crippen LogP contribution >= 0.6 is 0 Å². The van der Waals surface area contributed by atoms with Crippen molar-refractivity contribution in [2.75, 3.05) is 36.0 Å². The van der Waals surface area contributed by atoms with Gasteiger partial charge < -0.3 is 19.6 Å². The summed E-state index contributed by atoms with van der Waals surface area (Å²) in [5.41, 5.74) is 1.80. The molecule has 1 N–H and O–H groups in total. The monoisotopic (exact) mass is 356 g/mol. The number of ether oxygens (including phenoxy) is 1. The van der Waals surface area contributed by atoms with Gasteiger partial charge in [0.25, 0.3) is 0 Å². The minimum atomic E-state index is -0.326. The zero-order valence-corrected chi connectivity index (χ0v) is 15.8. The molecule has 0 radical (unpaired) electrons. The molecule has 4 rings (SSSR count). The quantitative estimate of drug-likeness (QED) is 0.892. The van der Waals surface area contributed by atoms with Crippen molar-refractivity contribution in [3.63, 3.8) is 0 Å². The van der Waals surface area contributed by atoms with Crippen LogP contribution in [-0.2, 0) is 4.74 Å². The van der Waals surface area contributed by atoms with Crippen LogP contribution in [0.3, 0.4) is 0 Å². The molecule has 6 heteroatoms. The summed E-state index contributed by atoms with van der Waals surface area (Å²) in [6, 6.07) is 8.00. The first-order chi connectivity index (χ1) is 12.5. The van der Waals surface area contributed by atoms with Crippen molar-refractivity contribution in [1.29, 1.82) is 0 Å². The summed E-state index contributed by atoms with van der Waals surface area (Å²) in [5.74, 6) is 2.12. The second kappa shape index (κ2) is 7.00. The number of rotatable bonds is 2. The maximum absolute atomic E-state index is 10.4. The van der Waals surface area contributed by atoms with Gasteiger partial charge >= 0.3 is 0 Å². The van der Waals surface area contributed by atoms with Crippen molar-refractivity contribution < 1.29 is 9.84 Å². The molecular weight excluding hydrogens is 328 g/mol. The summed E-state index contributed by atoms with van der Waals surface area (Å²) in [5, 5.41) is 10.4. The van der Waals surface area contributed by atoms with Crippen LogP contribution in [-0.4, -0.2) is 59.6 Å². The van der Waals surface area contributed by atoms with Gasteiger partial charge in [-0.05, 0) is 38.3 Å². The van der Waals surface area contributed by atoms with E-state index in [0.29, 0.717) is 12.5 Å². The number of piperidine rings is 1. The molecule has 2 fully saturated rings. The first kappa shape index (κ1) is 17.5. The third-order valence-electron chi connectivity index (χ3n) is 5.47. The highest BCUT2D eigenvalue weighted by Crippen LogP contribution is 2.32. The molecule has 0 bridgehead atoms. The fourth-order valence-corrected chi connectivity index (χ4v) is 4.00. The van der Waals surface area contributed by atoms with E-state index >= 15 is 0 Å². The summed E-state index contributed by atoms with van der Waals surface area (Å²) in [7, 11) is 0. The lowest BCUT2D eigenvalue weighted by Crippen LogP contribution is -2.48. The summed E-state index contributed by atoms with van der Waals surface area (Å²) >= 11 is 0. The third kappa shape index (κ3) is 3.35. The van der Waals surface area contributed by atoms with E-state index in [1.165, 1.54) is 0 Å². The Morgan fingerprint density at radius 1 is 0.923 bits per heavy atom. The molecule has 4 unspecified atom stereocenters. The van der Waals surface area contributed by atoms with Crippen LogP contribution in [0.2, 0.25) is 0 Å². The van der Waals surface area contributed by atoms with Gasteiger partial charge in [0.15, 0.2) is 11.6 Å². The van der Waals surface area contributed by atoms with Gasteiger partial charge in [0.2, 0.25) is 0 Å². The Bertz CT molecular complexity index is 773. The molecule has 0 aliphatic carbocycles. The molecule has 2 saturated heterocycles. The van der Waals surface area contributed by atoms with Crippen LogP contribution in [0.1, 0.15) is 27.2 Å². The number of benzene rings is 1. The average Bonchev–Trinajstić information content (AvgIpc) is 2.62. The van der Waals surface area contributed by atoms with Crippen molar-refractivity contribution in [2.45, 2.75) is 45.5 Å². The van der Waals surface area contributed by atoms with Crippen LogP contribution in [0.5, 0.6) is 0 Å². The zero-order chi connectivity index (χ0) is 18.3. The van der Waals surface area contributed by atoms with E-state index in [4.69, 9.17) is 14.7 Å². The molecule has 2 aromatic rings. The van der Waals surface area contributed by atoms with Crippen LogP contribution in [0.25, 0.3) is 11.0 Å².